The largest absolute Gasteiger partial charge is 0.488 e. The number of hydrogen-bond acceptors (Lipinski definition) is 2. The fourth-order valence-electron chi connectivity index (χ4n) is 2.02. The van der Waals surface area contributed by atoms with Crippen molar-refractivity contribution in [3.8, 4) is 5.75 Å². The lowest BCUT2D eigenvalue weighted by molar-refractivity contribution is -0.136. The highest BCUT2D eigenvalue weighted by molar-refractivity contribution is 5.70. The van der Waals surface area contributed by atoms with E-state index in [0.717, 1.165) is 22.4 Å². The maximum atomic E-state index is 10.6. The lowest BCUT2D eigenvalue weighted by atomic mass is 10.1. The molecule has 0 aliphatic rings. The van der Waals surface area contributed by atoms with Crippen molar-refractivity contribution in [1.82, 2.24) is 0 Å². The van der Waals surface area contributed by atoms with Crippen molar-refractivity contribution < 1.29 is 14.6 Å². The van der Waals surface area contributed by atoms with E-state index < -0.39 is 5.97 Å². The summed E-state index contributed by atoms with van der Waals surface area (Å²) in [7, 11) is 0. The Bertz CT molecular complexity index is 627. The molecule has 108 valence electrons. The van der Waals surface area contributed by atoms with E-state index in [2.05, 4.69) is 0 Å². The molecule has 0 fully saturated rings. The maximum absolute atomic E-state index is 10.6. The highest BCUT2D eigenvalue weighted by atomic mass is 16.5. The van der Waals surface area contributed by atoms with Gasteiger partial charge in [-0.1, -0.05) is 54.6 Å². The van der Waals surface area contributed by atoms with Gasteiger partial charge in [0.2, 0.25) is 0 Å². The first kappa shape index (κ1) is 14.9. The Hall–Kier alpha value is -2.55. The fraction of sp³-hybridized carbons (Fsp3) is 0.167. The van der Waals surface area contributed by atoms with Crippen LogP contribution < -0.4 is 4.74 Å². The molecule has 0 unspecified atom stereocenters. The quantitative estimate of drug-likeness (QED) is 0.873. The van der Waals surface area contributed by atoms with Gasteiger partial charge in [0.1, 0.15) is 12.4 Å². The van der Waals surface area contributed by atoms with Crippen LogP contribution in [0.4, 0.5) is 0 Å². The number of aliphatic carboxylic acids is 1. The van der Waals surface area contributed by atoms with Gasteiger partial charge in [0, 0.05) is 5.56 Å². The van der Waals surface area contributed by atoms with Gasteiger partial charge in [0.15, 0.2) is 0 Å². The van der Waals surface area contributed by atoms with E-state index in [1.807, 2.05) is 67.6 Å². The van der Waals surface area contributed by atoms with Gasteiger partial charge in [-0.3, -0.25) is 4.79 Å². The summed E-state index contributed by atoms with van der Waals surface area (Å²) in [4.78, 5) is 10.6. The van der Waals surface area contributed by atoms with E-state index in [4.69, 9.17) is 9.84 Å². The molecule has 0 saturated heterocycles. The fourth-order valence-corrected chi connectivity index (χ4v) is 2.02. The van der Waals surface area contributed by atoms with Gasteiger partial charge in [-0.25, -0.2) is 0 Å². The van der Waals surface area contributed by atoms with Crippen molar-refractivity contribution in [2.24, 2.45) is 0 Å². The van der Waals surface area contributed by atoms with Crippen LogP contribution in [0.2, 0.25) is 0 Å². The van der Waals surface area contributed by atoms with Crippen molar-refractivity contribution in [3.63, 3.8) is 0 Å². The standard InChI is InChI=1S/C18H18O3/c1-2-5-16-6-3-4-7-17(16)21-13-15-10-8-14(9-11-15)12-18(19)20/h2-11H,12-13H2,1H3,(H,19,20)/b5-2+. The number of carbonyl (C=O) groups is 1. The van der Waals surface area contributed by atoms with Gasteiger partial charge in [0.25, 0.3) is 0 Å². The molecule has 1 N–H and O–H groups in total. The summed E-state index contributed by atoms with van der Waals surface area (Å²) < 4.78 is 5.83. The van der Waals surface area contributed by atoms with E-state index in [9.17, 15) is 4.79 Å². The van der Waals surface area contributed by atoms with Crippen LogP contribution in [0.3, 0.4) is 0 Å². The van der Waals surface area contributed by atoms with Gasteiger partial charge < -0.3 is 9.84 Å². The summed E-state index contributed by atoms with van der Waals surface area (Å²) in [6.07, 6.45) is 4.03. The zero-order valence-corrected chi connectivity index (χ0v) is 12.0. The third-order valence-electron chi connectivity index (χ3n) is 3.04. The zero-order valence-electron chi connectivity index (χ0n) is 12.0. The van der Waals surface area contributed by atoms with Crippen LogP contribution in [-0.2, 0) is 17.8 Å². The first-order chi connectivity index (χ1) is 10.2. The molecule has 0 aliphatic heterocycles. The summed E-state index contributed by atoms with van der Waals surface area (Å²) >= 11 is 0. The monoisotopic (exact) mass is 282 g/mol. The number of carboxylic acid groups (broad SMARTS) is 1. The second kappa shape index (κ2) is 7.29. The second-order valence-corrected chi connectivity index (χ2v) is 4.71. The molecule has 0 atom stereocenters. The SMILES string of the molecule is C/C=C/c1ccccc1OCc1ccc(CC(=O)O)cc1. The Morgan fingerprint density at radius 1 is 1.10 bits per heavy atom. The minimum atomic E-state index is -0.820. The first-order valence-electron chi connectivity index (χ1n) is 6.83. The van der Waals surface area contributed by atoms with E-state index >= 15 is 0 Å². The molecule has 0 heterocycles. The van der Waals surface area contributed by atoms with Crippen molar-refractivity contribution in [3.05, 3.63) is 71.3 Å². The molecule has 21 heavy (non-hydrogen) atoms. The van der Waals surface area contributed by atoms with Gasteiger partial charge in [-0.2, -0.15) is 0 Å². The maximum Gasteiger partial charge on any atom is 0.307 e. The van der Waals surface area contributed by atoms with E-state index in [-0.39, 0.29) is 6.42 Å². The molecule has 2 aromatic rings. The predicted molar refractivity (Wildman–Crippen MR) is 83.3 cm³/mol. The molecule has 0 saturated carbocycles. The summed E-state index contributed by atoms with van der Waals surface area (Å²) in [6.45, 7) is 2.43. The minimum Gasteiger partial charge on any atom is -0.488 e. The summed E-state index contributed by atoms with van der Waals surface area (Å²) in [6, 6.07) is 15.3. The number of hydrogen-bond donors (Lipinski definition) is 1. The molecule has 3 nitrogen and oxygen atoms in total. The predicted octanol–water partition coefficient (Wildman–Crippen LogP) is 3.93. The van der Waals surface area contributed by atoms with E-state index in [1.165, 1.54) is 0 Å². The lowest BCUT2D eigenvalue weighted by Gasteiger charge is -2.09. The molecule has 0 radical (unpaired) electrons. The van der Waals surface area contributed by atoms with Crippen molar-refractivity contribution in [2.45, 2.75) is 20.0 Å². The van der Waals surface area contributed by atoms with Gasteiger partial charge in [0.05, 0.1) is 6.42 Å². The number of carboxylic acids is 1. The average Bonchev–Trinajstić information content (AvgIpc) is 2.48. The Morgan fingerprint density at radius 2 is 1.76 bits per heavy atom. The number of benzene rings is 2. The average molecular weight is 282 g/mol. The minimum absolute atomic E-state index is 0.0469. The Kier molecular flexibility index (Phi) is 5.16. The zero-order chi connectivity index (χ0) is 15.1. The highest BCUT2D eigenvalue weighted by Gasteiger charge is 2.02. The van der Waals surface area contributed by atoms with E-state index in [0.29, 0.717) is 6.61 Å². The summed E-state index contributed by atoms with van der Waals surface area (Å²) in [5.74, 6) is 0.0180. The summed E-state index contributed by atoms with van der Waals surface area (Å²) in [5.41, 5.74) is 2.85. The number of para-hydroxylation sites is 1. The Labute approximate surface area is 124 Å². The lowest BCUT2D eigenvalue weighted by Crippen LogP contribution is -2.01. The Morgan fingerprint density at radius 3 is 2.43 bits per heavy atom. The van der Waals surface area contributed by atoms with Gasteiger partial charge in [-0.05, 0) is 24.1 Å². The number of rotatable bonds is 6. The molecule has 2 aromatic carbocycles. The molecule has 0 aliphatic carbocycles. The molecule has 0 bridgehead atoms. The summed E-state index contributed by atoms with van der Waals surface area (Å²) in [5, 5.41) is 8.74. The van der Waals surface area contributed by atoms with Crippen LogP contribution in [0.5, 0.6) is 5.75 Å². The molecule has 3 heteroatoms. The van der Waals surface area contributed by atoms with Crippen LogP contribution in [0.1, 0.15) is 23.6 Å². The molecule has 0 aromatic heterocycles. The number of ether oxygens (including phenoxy) is 1. The highest BCUT2D eigenvalue weighted by Crippen LogP contribution is 2.20. The van der Waals surface area contributed by atoms with Crippen molar-refractivity contribution in [2.75, 3.05) is 0 Å². The molecular formula is C18H18O3. The Balaban J connectivity index is 2.01. The smallest absolute Gasteiger partial charge is 0.307 e. The van der Waals surface area contributed by atoms with Crippen LogP contribution >= 0.6 is 0 Å². The third-order valence-corrected chi connectivity index (χ3v) is 3.04. The van der Waals surface area contributed by atoms with Crippen molar-refractivity contribution in [1.29, 1.82) is 0 Å². The van der Waals surface area contributed by atoms with Gasteiger partial charge in [-0.15, -0.1) is 0 Å². The van der Waals surface area contributed by atoms with E-state index in [1.54, 1.807) is 0 Å². The molecule has 0 spiro atoms. The van der Waals surface area contributed by atoms with Crippen LogP contribution in [0, 0.1) is 0 Å². The normalized spacial score (nSPS) is 10.7. The second-order valence-electron chi connectivity index (χ2n) is 4.71. The van der Waals surface area contributed by atoms with Crippen LogP contribution in [-0.4, -0.2) is 11.1 Å². The molecular weight excluding hydrogens is 264 g/mol. The molecule has 2 rings (SSSR count). The third kappa shape index (κ3) is 4.49. The molecule has 0 amide bonds. The van der Waals surface area contributed by atoms with Crippen LogP contribution in [0.25, 0.3) is 6.08 Å². The van der Waals surface area contributed by atoms with Gasteiger partial charge >= 0.3 is 5.97 Å². The van der Waals surface area contributed by atoms with Crippen molar-refractivity contribution >= 4 is 12.0 Å². The van der Waals surface area contributed by atoms with Crippen LogP contribution in [0.15, 0.2) is 54.6 Å². The topological polar surface area (TPSA) is 46.5 Å². The number of allylic oxidation sites excluding steroid dienone is 1. The first-order valence-corrected chi connectivity index (χ1v) is 6.83.